The number of carbonyl (C=O) groups is 2. The van der Waals surface area contributed by atoms with Crippen LogP contribution in [0, 0.1) is 0 Å². The number of fused-ring (bicyclic) bond motifs is 1. The number of nitrogens with one attached hydrogen (secondary N) is 2. The van der Waals surface area contributed by atoms with Gasteiger partial charge in [-0.25, -0.2) is 0 Å². The summed E-state index contributed by atoms with van der Waals surface area (Å²) in [5.41, 5.74) is 2.32. The number of benzene rings is 2. The zero-order chi connectivity index (χ0) is 17.8. The van der Waals surface area contributed by atoms with Crippen molar-refractivity contribution in [2.24, 2.45) is 0 Å². The molecular weight excluding hydrogens is 320 g/mol. The number of phenols is 1. The number of hydrogen-bond donors (Lipinski definition) is 3. The van der Waals surface area contributed by atoms with Crippen LogP contribution in [0.2, 0.25) is 0 Å². The summed E-state index contributed by atoms with van der Waals surface area (Å²) in [6, 6.07) is 12.4. The Kier molecular flexibility index (Phi) is 4.88. The summed E-state index contributed by atoms with van der Waals surface area (Å²) in [6.45, 7) is 0.197. The number of carbonyl (C=O) groups excluding carboxylic acids is 2. The molecule has 130 valence electrons. The third-order valence-corrected chi connectivity index (χ3v) is 4.30. The molecule has 2 amide bonds. The van der Waals surface area contributed by atoms with E-state index in [-0.39, 0.29) is 42.9 Å². The zero-order valence-electron chi connectivity index (χ0n) is 13.9. The van der Waals surface area contributed by atoms with E-state index >= 15 is 0 Å². The number of rotatable bonds is 5. The Morgan fingerprint density at radius 3 is 2.92 bits per heavy atom. The lowest BCUT2D eigenvalue weighted by Gasteiger charge is -2.25. The molecule has 0 spiro atoms. The highest BCUT2D eigenvalue weighted by Crippen LogP contribution is 2.34. The van der Waals surface area contributed by atoms with Gasteiger partial charge in [0, 0.05) is 36.6 Å². The molecular formula is C19H20N2O4. The fourth-order valence-corrected chi connectivity index (χ4v) is 3.00. The van der Waals surface area contributed by atoms with Crippen molar-refractivity contribution in [3.63, 3.8) is 0 Å². The maximum atomic E-state index is 12.3. The number of phenolic OH excluding ortho intramolecular Hbond substituents is 1. The molecule has 2 aromatic carbocycles. The van der Waals surface area contributed by atoms with Gasteiger partial charge in [0.05, 0.1) is 7.11 Å². The summed E-state index contributed by atoms with van der Waals surface area (Å²) in [5.74, 6) is 0.311. The third-order valence-electron chi connectivity index (χ3n) is 4.30. The van der Waals surface area contributed by atoms with Crippen molar-refractivity contribution in [3.8, 4) is 11.5 Å². The van der Waals surface area contributed by atoms with E-state index in [9.17, 15) is 14.7 Å². The topological polar surface area (TPSA) is 87.7 Å². The molecule has 1 atom stereocenters. The van der Waals surface area contributed by atoms with E-state index in [4.69, 9.17) is 4.74 Å². The normalized spacial score (nSPS) is 15.9. The van der Waals surface area contributed by atoms with Crippen molar-refractivity contribution < 1.29 is 19.4 Å². The first-order valence-corrected chi connectivity index (χ1v) is 8.08. The summed E-state index contributed by atoms with van der Waals surface area (Å²) in [6.07, 6.45) is 0.504. The number of anilines is 1. The molecule has 0 aliphatic carbocycles. The lowest BCUT2D eigenvalue weighted by Crippen LogP contribution is -2.29. The first-order chi connectivity index (χ1) is 12.1. The molecule has 0 saturated carbocycles. The molecule has 2 aromatic rings. The van der Waals surface area contributed by atoms with Crippen LogP contribution in [0.5, 0.6) is 11.5 Å². The van der Waals surface area contributed by atoms with Gasteiger partial charge in [-0.3, -0.25) is 9.59 Å². The largest absolute Gasteiger partial charge is 0.508 e. The highest BCUT2D eigenvalue weighted by molar-refractivity contribution is 5.95. The molecule has 1 aliphatic heterocycles. The van der Waals surface area contributed by atoms with Crippen LogP contribution in [0.4, 0.5) is 5.69 Å². The summed E-state index contributed by atoms with van der Waals surface area (Å²) >= 11 is 0. The molecule has 25 heavy (non-hydrogen) atoms. The molecule has 1 aliphatic rings. The Morgan fingerprint density at radius 2 is 2.12 bits per heavy atom. The minimum atomic E-state index is -0.170. The molecule has 0 bridgehead atoms. The van der Waals surface area contributed by atoms with Crippen LogP contribution in [-0.2, 0) is 16.1 Å². The Balaban J connectivity index is 1.65. The maximum absolute atomic E-state index is 12.3. The number of hydrogen-bond acceptors (Lipinski definition) is 4. The Labute approximate surface area is 145 Å². The van der Waals surface area contributed by atoms with Gasteiger partial charge >= 0.3 is 0 Å². The van der Waals surface area contributed by atoms with Crippen LogP contribution in [0.15, 0.2) is 42.5 Å². The molecule has 6 heteroatoms. The van der Waals surface area contributed by atoms with Gasteiger partial charge in [0.15, 0.2) is 0 Å². The van der Waals surface area contributed by atoms with Crippen LogP contribution in [0.1, 0.15) is 29.9 Å². The minimum absolute atomic E-state index is 0.0815. The van der Waals surface area contributed by atoms with Gasteiger partial charge in [0.25, 0.3) is 0 Å². The van der Waals surface area contributed by atoms with Gasteiger partial charge in [0.2, 0.25) is 11.8 Å². The molecule has 1 unspecified atom stereocenters. The van der Waals surface area contributed by atoms with Crippen LogP contribution < -0.4 is 15.4 Å². The van der Waals surface area contributed by atoms with Gasteiger partial charge < -0.3 is 20.5 Å². The highest BCUT2D eigenvalue weighted by Gasteiger charge is 2.26. The molecule has 0 fully saturated rings. The Morgan fingerprint density at radius 1 is 1.32 bits per heavy atom. The summed E-state index contributed by atoms with van der Waals surface area (Å²) in [4.78, 5) is 24.1. The van der Waals surface area contributed by atoms with Crippen molar-refractivity contribution in [2.45, 2.75) is 25.3 Å². The predicted molar refractivity (Wildman–Crippen MR) is 93.6 cm³/mol. The first-order valence-electron chi connectivity index (χ1n) is 8.08. The van der Waals surface area contributed by atoms with Crippen molar-refractivity contribution in [3.05, 3.63) is 53.6 Å². The van der Waals surface area contributed by atoms with E-state index < -0.39 is 0 Å². The van der Waals surface area contributed by atoms with Gasteiger partial charge in [-0.2, -0.15) is 0 Å². The molecule has 0 aromatic heterocycles. The van der Waals surface area contributed by atoms with E-state index in [0.29, 0.717) is 11.3 Å². The van der Waals surface area contributed by atoms with Crippen molar-refractivity contribution >= 4 is 17.5 Å². The van der Waals surface area contributed by atoms with Crippen molar-refractivity contribution in [2.75, 3.05) is 12.4 Å². The average molecular weight is 340 g/mol. The molecule has 3 rings (SSSR count). The van der Waals surface area contributed by atoms with E-state index in [1.54, 1.807) is 19.2 Å². The second-order valence-corrected chi connectivity index (χ2v) is 6.01. The lowest BCUT2D eigenvalue weighted by atomic mass is 9.88. The lowest BCUT2D eigenvalue weighted by molar-refractivity contribution is -0.122. The quantitative estimate of drug-likeness (QED) is 0.780. The van der Waals surface area contributed by atoms with E-state index in [1.807, 2.05) is 24.3 Å². The number of methoxy groups -OCH3 is 1. The smallest absolute Gasteiger partial charge is 0.225 e. The van der Waals surface area contributed by atoms with Gasteiger partial charge in [-0.1, -0.05) is 18.2 Å². The highest BCUT2D eigenvalue weighted by atomic mass is 16.5. The SMILES string of the molecule is COc1ccc(O)c(CNC(=O)CC2CC(=O)Nc3ccccc32)c1. The minimum Gasteiger partial charge on any atom is -0.508 e. The monoisotopic (exact) mass is 340 g/mol. The molecule has 3 N–H and O–H groups in total. The Hall–Kier alpha value is -3.02. The van der Waals surface area contributed by atoms with Crippen molar-refractivity contribution in [1.82, 2.24) is 5.32 Å². The second kappa shape index (κ2) is 7.25. The second-order valence-electron chi connectivity index (χ2n) is 6.01. The molecule has 0 radical (unpaired) electrons. The molecule has 0 saturated heterocycles. The number of para-hydroxylation sites is 1. The predicted octanol–water partition coefficient (Wildman–Crippen LogP) is 2.53. The standard InChI is InChI=1S/C19H20N2O4/c1-25-14-6-7-17(22)13(8-14)11-20-18(23)9-12-10-19(24)21-16-5-3-2-4-15(12)16/h2-8,12,22H,9-11H2,1H3,(H,20,23)(H,21,24). The fourth-order valence-electron chi connectivity index (χ4n) is 3.00. The van der Waals surface area contributed by atoms with Crippen LogP contribution in [-0.4, -0.2) is 24.0 Å². The number of ether oxygens (including phenoxy) is 1. The molecule has 6 nitrogen and oxygen atoms in total. The maximum Gasteiger partial charge on any atom is 0.225 e. The number of aromatic hydroxyl groups is 1. The first kappa shape index (κ1) is 16.8. The zero-order valence-corrected chi connectivity index (χ0v) is 13.9. The van der Waals surface area contributed by atoms with Crippen LogP contribution >= 0.6 is 0 Å². The average Bonchev–Trinajstić information content (AvgIpc) is 2.61. The van der Waals surface area contributed by atoms with Crippen molar-refractivity contribution in [1.29, 1.82) is 0 Å². The summed E-state index contributed by atoms with van der Waals surface area (Å²) in [5, 5.41) is 15.5. The van der Waals surface area contributed by atoms with Crippen LogP contribution in [0.25, 0.3) is 0 Å². The molecule has 1 heterocycles. The Bertz CT molecular complexity index is 804. The van der Waals surface area contributed by atoms with E-state index in [2.05, 4.69) is 10.6 Å². The summed E-state index contributed by atoms with van der Waals surface area (Å²) in [7, 11) is 1.54. The van der Waals surface area contributed by atoms with E-state index in [0.717, 1.165) is 11.3 Å². The van der Waals surface area contributed by atoms with Gasteiger partial charge in [0.1, 0.15) is 11.5 Å². The fraction of sp³-hybridized carbons (Fsp3) is 0.263. The third kappa shape index (κ3) is 3.91. The van der Waals surface area contributed by atoms with Gasteiger partial charge in [-0.15, -0.1) is 0 Å². The number of amides is 2. The summed E-state index contributed by atoms with van der Waals surface area (Å²) < 4.78 is 5.12. The van der Waals surface area contributed by atoms with Crippen LogP contribution in [0.3, 0.4) is 0 Å². The van der Waals surface area contributed by atoms with E-state index in [1.165, 1.54) is 6.07 Å². The van der Waals surface area contributed by atoms with Gasteiger partial charge in [-0.05, 0) is 29.8 Å².